The van der Waals surface area contributed by atoms with E-state index in [0.29, 0.717) is 0 Å². The second kappa shape index (κ2) is 6.57. The summed E-state index contributed by atoms with van der Waals surface area (Å²) < 4.78 is 0. The van der Waals surface area contributed by atoms with Gasteiger partial charge in [-0.05, 0) is 36.3 Å². The molecule has 1 amide bonds. The van der Waals surface area contributed by atoms with Gasteiger partial charge in [-0.2, -0.15) is 0 Å². The van der Waals surface area contributed by atoms with Crippen molar-refractivity contribution in [3.63, 3.8) is 0 Å². The van der Waals surface area contributed by atoms with Gasteiger partial charge in [0, 0.05) is 6.08 Å². The third kappa shape index (κ3) is 3.99. The Morgan fingerprint density at radius 3 is 2.60 bits per heavy atom. The highest BCUT2D eigenvalue weighted by Crippen LogP contribution is 2.17. The molecule has 2 aromatic rings. The fourth-order valence-electron chi connectivity index (χ4n) is 1.88. The Kier molecular flexibility index (Phi) is 4.56. The summed E-state index contributed by atoms with van der Waals surface area (Å²) in [6.45, 7) is 1.88. The molecule has 0 fully saturated rings. The van der Waals surface area contributed by atoms with E-state index in [0.717, 1.165) is 11.1 Å². The van der Waals surface area contributed by atoms with Gasteiger partial charge in [-0.1, -0.05) is 42.5 Å². The summed E-state index contributed by atoms with van der Waals surface area (Å²) in [5.41, 5.74) is 1.85. The third-order valence-corrected chi connectivity index (χ3v) is 2.96. The Bertz CT molecular complexity index is 605. The van der Waals surface area contributed by atoms with Crippen LogP contribution < -0.4 is 5.32 Å². The largest absolute Gasteiger partial charge is 0.508 e. The molecule has 0 radical (unpaired) electrons. The summed E-state index contributed by atoms with van der Waals surface area (Å²) in [7, 11) is 0. The lowest BCUT2D eigenvalue weighted by Crippen LogP contribution is -2.24. The maximum absolute atomic E-state index is 11.8. The maximum Gasteiger partial charge on any atom is 0.244 e. The third-order valence-electron chi connectivity index (χ3n) is 2.96. The number of carbonyl (C=O) groups is 1. The van der Waals surface area contributed by atoms with Crippen LogP contribution in [0.1, 0.15) is 24.1 Å². The molecule has 0 aliphatic heterocycles. The van der Waals surface area contributed by atoms with E-state index in [1.807, 2.05) is 43.3 Å². The minimum atomic E-state index is -0.162. The lowest BCUT2D eigenvalue weighted by molar-refractivity contribution is -0.117. The van der Waals surface area contributed by atoms with E-state index >= 15 is 0 Å². The zero-order valence-electron chi connectivity index (χ0n) is 11.3. The molecule has 2 N–H and O–H groups in total. The molecule has 0 aliphatic rings. The number of phenolic OH excluding ortho intramolecular Hbond substituents is 1. The number of benzene rings is 2. The van der Waals surface area contributed by atoms with Crippen LogP contribution in [-0.2, 0) is 4.79 Å². The zero-order valence-corrected chi connectivity index (χ0v) is 11.3. The summed E-state index contributed by atoms with van der Waals surface area (Å²) in [4.78, 5) is 11.8. The molecule has 2 aromatic carbocycles. The van der Waals surface area contributed by atoms with E-state index in [1.165, 1.54) is 6.08 Å². The second-order valence-corrected chi connectivity index (χ2v) is 4.57. The van der Waals surface area contributed by atoms with Crippen LogP contribution in [0.15, 0.2) is 60.7 Å². The summed E-state index contributed by atoms with van der Waals surface area (Å²) in [6, 6.07) is 16.4. The number of aromatic hydroxyl groups is 1. The first-order valence-corrected chi connectivity index (χ1v) is 6.48. The smallest absolute Gasteiger partial charge is 0.244 e. The molecule has 20 heavy (non-hydrogen) atoms. The molecular weight excluding hydrogens is 250 g/mol. The van der Waals surface area contributed by atoms with Crippen molar-refractivity contribution in [3.05, 3.63) is 71.8 Å². The second-order valence-electron chi connectivity index (χ2n) is 4.57. The van der Waals surface area contributed by atoms with E-state index in [1.54, 1.807) is 24.3 Å². The number of phenols is 1. The predicted octanol–water partition coefficient (Wildman–Crippen LogP) is 3.28. The van der Waals surface area contributed by atoms with E-state index in [9.17, 15) is 9.90 Å². The van der Waals surface area contributed by atoms with Crippen molar-refractivity contribution >= 4 is 12.0 Å². The van der Waals surface area contributed by atoms with E-state index in [-0.39, 0.29) is 17.7 Å². The van der Waals surface area contributed by atoms with Gasteiger partial charge < -0.3 is 10.4 Å². The highest BCUT2D eigenvalue weighted by Gasteiger charge is 2.07. The Balaban J connectivity index is 1.96. The minimum absolute atomic E-state index is 0.157. The van der Waals surface area contributed by atoms with Gasteiger partial charge in [-0.15, -0.1) is 0 Å². The average molecular weight is 267 g/mol. The first kappa shape index (κ1) is 13.9. The van der Waals surface area contributed by atoms with Gasteiger partial charge >= 0.3 is 0 Å². The molecule has 0 saturated heterocycles. The first-order chi connectivity index (χ1) is 9.65. The molecule has 3 nitrogen and oxygen atoms in total. The maximum atomic E-state index is 11.8. The van der Waals surface area contributed by atoms with Crippen molar-refractivity contribution in [3.8, 4) is 5.75 Å². The molecule has 0 aliphatic carbocycles. The van der Waals surface area contributed by atoms with Gasteiger partial charge in [0.25, 0.3) is 0 Å². The SMILES string of the molecule is CC(NC(=O)/C=C/c1ccccc1)c1cccc(O)c1. The van der Waals surface area contributed by atoms with Crippen LogP contribution in [0.5, 0.6) is 5.75 Å². The van der Waals surface area contributed by atoms with Crippen LogP contribution in [-0.4, -0.2) is 11.0 Å². The number of hydrogen-bond acceptors (Lipinski definition) is 2. The van der Waals surface area contributed by atoms with Crippen LogP contribution in [0.4, 0.5) is 0 Å². The molecule has 0 spiro atoms. The fourth-order valence-corrected chi connectivity index (χ4v) is 1.88. The van der Waals surface area contributed by atoms with Gasteiger partial charge in [-0.3, -0.25) is 4.79 Å². The van der Waals surface area contributed by atoms with Crippen LogP contribution in [0.3, 0.4) is 0 Å². The molecule has 0 aromatic heterocycles. The average Bonchev–Trinajstić information content (AvgIpc) is 2.46. The molecule has 2 rings (SSSR count). The Morgan fingerprint density at radius 1 is 1.15 bits per heavy atom. The number of amides is 1. The normalized spacial score (nSPS) is 12.2. The first-order valence-electron chi connectivity index (χ1n) is 6.48. The number of nitrogens with one attached hydrogen (secondary N) is 1. The van der Waals surface area contributed by atoms with Crippen molar-refractivity contribution in [2.75, 3.05) is 0 Å². The van der Waals surface area contributed by atoms with Gasteiger partial charge in [0.15, 0.2) is 0 Å². The van der Waals surface area contributed by atoms with E-state index in [4.69, 9.17) is 0 Å². The molecule has 3 heteroatoms. The summed E-state index contributed by atoms with van der Waals surface area (Å²) in [5.74, 6) is 0.0353. The van der Waals surface area contributed by atoms with Crippen LogP contribution in [0.2, 0.25) is 0 Å². The van der Waals surface area contributed by atoms with Gasteiger partial charge in [0.05, 0.1) is 6.04 Å². The monoisotopic (exact) mass is 267 g/mol. The van der Waals surface area contributed by atoms with E-state index < -0.39 is 0 Å². The van der Waals surface area contributed by atoms with Crippen molar-refractivity contribution in [1.29, 1.82) is 0 Å². The lowest BCUT2D eigenvalue weighted by atomic mass is 10.1. The minimum Gasteiger partial charge on any atom is -0.508 e. The summed E-state index contributed by atoms with van der Waals surface area (Å²) in [5, 5.41) is 12.3. The summed E-state index contributed by atoms with van der Waals surface area (Å²) >= 11 is 0. The topological polar surface area (TPSA) is 49.3 Å². The van der Waals surface area contributed by atoms with Gasteiger partial charge in [0.1, 0.15) is 5.75 Å². The Morgan fingerprint density at radius 2 is 1.90 bits per heavy atom. The van der Waals surface area contributed by atoms with Crippen molar-refractivity contribution in [2.24, 2.45) is 0 Å². The molecule has 1 atom stereocenters. The Labute approximate surface area is 118 Å². The standard InChI is InChI=1S/C17H17NO2/c1-13(15-8-5-9-16(19)12-15)18-17(20)11-10-14-6-3-2-4-7-14/h2-13,19H,1H3,(H,18,20)/b11-10+. The highest BCUT2D eigenvalue weighted by molar-refractivity contribution is 5.91. The molecule has 102 valence electrons. The van der Waals surface area contributed by atoms with Crippen LogP contribution in [0, 0.1) is 0 Å². The van der Waals surface area contributed by atoms with Crippen LogP contribution in [0.25, 0.3) is 6.08 Å². The molecule has 0 bridgehead atoms. The van der Waals surface area contributed by atoms with Crippen molar-refractivity contribution in [1.82, 2.24) is 5.32 Å². The molecular formula is C17H17NO2. The predicted molar refractivity (Wildman–Crippen MR) is 80.1 cm³/mol. The summed E-state index contributed by atoms with van der Waals surface area (Å²) in [6.07, 6.45) is 3.28. The number of carbonyl (C=O) groups excluding carboxylic acids is 1. The molecule has 0 saturated carbocycles. The zero-order chi connectivity index (χ0) is 14.4. The Hall–Kier alpha value is -2.55. The van der Waals surface area contributed by atoms with Crippen molar-refractivity contribution < 1.29 is 9.90 Å². The van der Waals surface area contributed by atoms with Crippen molar-refractivity contribution in [2.45, 2.75) is 13.0 Å². The molecule has 0 heterocycles. The number of hydrogen-bond donors (Lipinski definition) is 2. The highest BCUT2D eigenvalue weighted by atomic mass is 16.3. The number of rotatable bonds is 4. The van der Waals surface area contributed by atoms with E-state index in [2.05, 4.69) is 5.32 Å². The van der Waals surface area contributed by atoms with Crippen LogP contribution >= 0.6 is 0 Å². The molecule has 1 unspecified atom stereocenters. The fraction of sp³-hybridized carbons (Fsp3) is 0.118. The van der Waals surface area contributed by atoms with Gasteiger partial charge in [0.2, 0.25) is 5.91 Å². The van der Waals surface area contributed by atoms with Gasteiger partial charge in [-0.25, -0.2) is 0 Å². The quantitative estimate of drug-likeness (QED) is 0.835. The lowest BCUT2D eigenvalue weighted by Gasteiger charge is -2.13.